The number of hydrogen-bond donors (Lipinski definition) is 1. The maximum absolute atomic E-state index is 12.8. The van der Waals surface area contributed by atoms with Gasteiger partial charge in [-0.2, -0.15) is 0 Å². The Labute approximate surface area is 71.2 Å². The second kappa shape index (κ2) is 4.40. The Hall–Kier alpha value is -0.640. The van der Waals surface area contributed by atoms with E-state index in [1.165, 1.54) is 0 Å². The van der Waals surface area contributed by atoms with E-state index in [-0.39, 0.29) is 6.54 Å². The highest BCUT2D eigenvalue weighted by molar-refractivity contribution is 5.69. The maximum Gasteiger partial charge on any atom is 0.317 e. The van der Waals surface area contributed by atoms with E-state index in [1.54, 1.807) is 4.90 Å². The molecule has 1 aliphatic heterocycles. The number of carboxylic acids is 1. The zero-order valence-electron chi connectivity index (χ0n) is 7.00. The van der Waals surface area contributed by atoms with Crippen LogP contribution in [0.2, 0.25) is 0 Å². The highest BCUT2D eigenvalue weighted by atomic mass is 19.1. The molecule has 1 unspecified atom stereocenters. The number of hydrogen-bond acceptors (Lipinski definition) is 2. The molecule has 0 bridgehead atoms. The molecule has 1 heterocycles. The fraction of sp³-hybridized carbons (Fsp3) is 0.875. The number of rotatable bonds is 2. The lowest BCUT2D eigenvalue weighted by Gasteiger charge is -2.16. The largest absolute Gasteiger partial charge is 0.480 e. The van der Waals surface area contributed by atoms with Crippen LogP contribution in [0.4, 0.5) is 4.39 Å². The lowest BCUT2D eigenvalue weighted by atomic mass is 10.2. The molecule has 0 aliphatic carbocycles. The van der Waals surface area contributed by atoms with Crippen molar-refractivity contribution in [3.8, 4) is 0 Å². The van der Waals surface area contributed by atoms with Gasteiger partial charge in [0.25, 0.3) is 0 Å². The number of aliphatic carboxylic acids is 1. The van der Waals surface area contributed by atoms with Crippen LogP contribution in [0.15, 0.2) is 0 Å². The molecule has 0 spiro atoms. The van der Waals surface area contributed by atoms with Gasteiger partial charge < -0.3 is 5.11 Å². The standard InChI is InChI=1S/C8H14FNO2/c9-7-2-1-4-10(5-3-7)6-8(11)12/h7H,1-6H2,(H,11,12). The number of carbonyl (C=O) groups is 1. The Kier molecular flexibility index (Phi) is 3.47. The number of likely N-dealkylation sites (tertiary alicyclic amines) is 1. The fourth-order valence-corrected chi connectivity index (χ4v) is 1.46. The molecule has 0 saturated carbocycles. The number of halogens is 1. The van der Waals surface area contributed by atoms with Gasteiger partial charge in [0.05, 0.1) is 6.54 Å². The summed E-state index contributed by atoms with van der Waals surface area (Å²) in [6.07, 6.45) is 1.10. The van der Waals surface area contributed by atoms with E-state index in [2.05, 4.69) is 0 Å². The second-order valence-corrected chi connectivity index (χ2v) is 3.20. The van der Waals surface area contributed by atoms with Crippen molar-refractivity contribution in [2.75, 3.05) is 19.6 Å². The second-order valence-electron chi connectivity index (χ2n) is 3.20. The normalized spacial score (nSPS) is 26.6. The number of alkyl halides is 1. The molecule has 0 radical (unpaired) electrons. The molecule has 70 valence electrons. The van der Waals surface area contributed by atoms with Crippen LogP contribution in [0.3, 0.4) is 0 Å². The van der Waals surface area contributed by atoms with Gasteiger partial charge in [0.2, 0.25) is 0 Å². The summed E-state index contributed by atoms with van der Waals surface area (Å²) in [6, 6.07) is 0. The van der Waals surface area contributed by atoms with E-state index < -0.39 is 12.1 Å². The van der Waals surface area contributed by atoms with Gasteiger partial charge in [0, 0.05) is 6.54 Å². The van der Waals surface area contributed by atoms with Crippen LogP contribution >= 0.6 is 0 Å². The van der Waals surface area contributed by atoms with E-state index in [1.807, 2.05) is 0 Å². The summed E-state index contributed by atoms with van der Waals surface area (Å²) >= 11 is 0. The third-order valence-electron chi connectivity index (χ3n) is 2.11. The molecule has 4 heteroatoms. The van der Waals surface area contributed by atoms with Gasteiger partial charge in [0.1, 0.15) is 6.17 Å². The van der Waals surface area contributed by atoms with E-state index in [0.29, 0.717) is 25.9 Å². The van der Waals surface area contributed by atoms with Crippen molar-refractivity contribution in [1.29, 1.82) is 0 Å². The molecule has 0 amide bonds. The summed E-state index contributed by atoms with van der Waals surface area (Å²) in [7, 11) is 0. The molecule has 1 fully saturated rings. The first-order chi connectivity index (χ1) is 5.68. The van der Waals surface area contributed by atoms with Crippen LogP contribution in [0.1, 0.15) is 19.3 Å². The van der Waals surface area contributed by atoms with Gasteiger partial charge in [0.15, 0.2) is 0 Å². The average Bonchev–Trinajstić information content (AvgIpc) is 2.15. The molecule has 1 rings (SSSR count). The summed E-state index contributed by atoms with van der Waals surface area (Å²) in [6.45, 7) is 1.34. The molecule has 3 nitrogen and oxygen atoms in total. The summed E-state index contributed by atoms with van der Waals surface area (Å²) in [5.41, 5.74) is 0. The van der Waals surface area contributed by atoms with Gasteiger partial charge in [-0.25, -0.2) is 4.39 Å². The van der Waals surface area contributed by atoms with Crippen LogP contribution in [0.5, 0.6) is 0 Å². The minimum atomic E-state index is -0.827. The molecule has 1 N–H and O–H groups in total. The first kappa shape index (κ1) is 9.45. The summed E-state index contributed by atoms with van der Waals surface area (Å²) in [5, 5.41) is 8.49. The van der Waals surface area contributed by atoms with Gasteiger partial charge in [-0.05, 0) is 25.8 Å². The Balaban J connectivity index is 2.30. The lowest BCUT2D eigenvalue weighted by molar-refractivity contribution is -0.138. The molecule has 12 heavy (non-hydrogen) atoms. The van der Waals surface area contributed by atoms with Crippen molar-refractivity contribution in [1.82, 2.24) is 4.90 Å². The van der Waals surface area contributed by atoms with Crippen LogP contribution in [0, 0.1) is 0 Å². The van der Waals surface area contributed by atoms with Crippen LogP contribution in [-0.4, -0.2) is 41.8 Å². The zero-order valence-corrected chi connectivity index (χ0v) is 7.00. The molecule has 1 aliphatic rings. The molecule has 0 aromatic carbocycles. The van der Waals surface area contributed by atoms with Crippen molar-refractivity contribution in [3.05, 3.63) is 0 Å². The highest BCUT2D eigenvalue weighted by Gasteiger charge is 2.17. The summed E-state index contributed by atoms with van der Waals surface area (Å²) in [4.78, 5) is 12.1. The van der Waals surface area contributed by atoms with Gasteiger partial charge in [-0.15, -0.1) is 0 Å². The van der Waals surface area contributed by atoms with Crippen molar-refractivity contribution < 1.29 is 14.3 Å². The molecule has 1 atom stereocenters. The van der Waals surface area contributed by atoms with Gasteiger partial charge >= 0.3 is 5.97 Å². The van der Waals surface area contributed by atoms with E-state index in [9.17, 15) is 9.18 Å². The lowest BCUT2D eigenvalue weighted by Crippen LogP contribution is -2.30. The Morgan fingerprint density at radius 3 is 2.92 bits per heavy atom. The quantitative estimate of drug-likeness (QED) is 0.677. The minimum Gasteiger partial charge on any atom is -0.480 e. The van der Waals surface area contributed by atoms with Gasteiger partial charge in [-0.3, -0.25) is 9.69 Å². The van der Waals surface area contributed by atoms with Crippen LogP contribution < -0.4 is 0 Å². The number of carboxylic acid groups (broad SMARTS) is 1. The monoisotopic (exact) mass is 175 g/mol. The van der Waals surface area contributed by atoms with Crippen molar-refractivity contribution in [2.45, 2.75) is 25.4 Å². The molecule has 1 saturated heterocycles. The third kappa shape index (κ3) is 3.17. The highest BCUT2D eigenvalue weighted by Crippen LogP contribution is 2.13. The predicted molar refractivity (Wildman–Crippen MR) is 42.8 cm³/mol. The van der Waals surface area contributed by atoms with Crippen molar-refractivity contribution in [2.24, 2.45) is 0 Å². The van der Waals surface area contributed by atoms with Gasteiger partial charge in [-0.1, -0.05) is 0 Å². The van der Waals surface area contributed by atoms with Crippen LogP contribution in [-0.2, 0) is 4.79 Å². The average molecular weight is 175 g/mol. The van der Waals surface area contributed by atoms with Crippen molar-refractivity contribution >= 4 is 5.97 Å². The first-order valence-electron chi connectivity index (χ1n) is 4.26. The fourth-order valence-electron chi connectivity index (χ4n) is 1.46. The van der Waals surface area contributed by atoms with Crippen molar-refractivity contribution in [3.63, 3.8) is 0 Å². The Morgan fingerprint density at radius 2 is 2.25 bits per heavy atom. The molecular weight excluding hydrogens is 161 g/mol. The topological polar surface area (TPSA) is 40.5 Å². The van der Waals surface area contributed by atoms with Crippen LogP contribution in [0.25, 0.3) is 0 Å². The Morgan fingerprint density at radius 1 is 1.50 bits per heavy atom. The predicted octanol–water partition coefficient (Wildman–Crippen LogP) is 0.895. The smallest absolute Gasteiger partial charge is 0.317 e. The Bertz CT molecular complexity index is 163. The SMILES string of the molecule is O=C(O)CN1CCCC(F)CC1. The molecule has 0 aromatic rings. The molecular formula is C8H14FNO2. The molecule has 0 aromatic heterocycles. The summed E-state index contributed by atoms with van der Waals surface area (Å²) in [5.74, 6) is -0.827. The maximum atomic E-state index is 12.8. The van der Waals surface area contributed by atoms with E-state index >= 15 is 0 Å². The summed E-state index contributed by atoms with van der Waals surface area (Å²) < 4.78 is 12.8. The third-order valence-corrected chi connectivity index (χ3v) is 2.11. The van der Waals surface area contributed by atoms with E-state index in [0.717, 1.165) is 6.42 Å². The zero-order chi connectivity index (χ0) is 8.97. The first-order valence-corrected chi connectivity index (χ1v) is 4.26. The van der Waals surface area contributed by atoms with E-state index in [4.69, 9.17) is 5.11 Å². The minimum absolute atomic E-state index is 0.0483. The number of nitrogens with zero attached hydrogens (tertiary/aromatic N) is 1.